The minimum absolute atomic E-state index is 0.0896. The molecular formula is C15H17N3O2. The Morgan fingerprint density at radius 3 is 2.65 bits per heavy atom. The van der Waals surface area contributed by atoms with Gasteiger partial charge in [-0.1, -0.05) is 30.3 Å². The molecule has 5 heteroatoms. The first-order valence-electron chi connectivity index (χ1n) is 6.78. The molecule has 0 unspecified atom stereocenters. The van der Waals surface area contributed by atoms with Crippen LogP contribution < -0.4 is 10.2 Å². The number of piperazine rings is 1. The number of ketones is 1. The highest BCUT2D eigenvalue weighted by Crippen LogP contribution is 2.21. The number of hydrogen-bond acceptors (Lipinski definition) is 5. The van der Waals surface area contributed by atoms with E-state index in [1.54, 1.807) is 19.1 Å². The number of aryl methyl sites for hydroxylation is 1. The van der Waals surface area contributed by atoms with Gasteiger partial charge < -0.3 is 14.6 Å². The summed E-state index contributed by atoms with van der Waals surface area (Å²) in [6, 6.07) is 9.71. The first-order chi connectivity index (χ1) is 9.75. The van der Waals surface area contributed by atoms with E-state index in [0.29, 0.717) is 23.0 Å². The standard InChI is InChI=1S/C15H17N3O2/c1-11-13(14(19)12-5-3-2-4-6-12)17-15(20-11)18-9-7-16-8-10-18/h2-6,16H,7-10H2,1H3. The average Bonchev–Trinajstić information content (AvgIpc) is 2.90. The molecule has 0 bridgehead atoms. The van der Waals surface area contributed by atoms with Crippen LogP contribution in [-0.4, -0.2) is 36.9 Å². The van der Waals surface area contributed by atoms with Gasteiger partial charge >= 0.3 is 0 Å². The zero-order valence-electron chi connectivity index (χ0n) is 11.4. The van der Waals surface area contributed by atoms with Gasteiger partial charge in [-0.2, -0.15) is 4.98 Å². The van der Waals surface area contributed by atoms with Crippen LogP contribution in [0.2, 0.25) is 0 Å². The summed E-state index contributed by atoms with van der Waals surface area (Å²) in [4.78, 5) is 18.9. The summed E-state index contributed by atoms with van der Waals surface area (Å²) in [6.45, 7) is 5.29. The Morgan fingerprint density at radius 2 is 1.95 bits per heavy atom. The van der Waals surface area contributed by atoms with E-state index >= 15 is 0 Å². The van der Waals surface area contributed by atoms with Crippen molar-refractivity contribution in [3.8, 4) is 0 Å². The number of rotatable bonds is 3. The van der Waals surface area contributed by atoms with Crippen molar-refractivity contribution < 1.29 is 9.21 Å². The van der Waals surface area contributed by atoms with Crippen LogP contribution in [0.5, 0.6) is 0 Å². The first-order valence-corrected chi connectivity index (χ1v) is 6.78. The van der Waals surface area contributed by atoms with Crippen molar-refractivity contribution in [2.24, 2.45) is 0 Å². The molecule has 0 aliphatic carbocycles. The van der Waals surface area contributed by atoms with Crippen molar-refractivity contribution in [1.82, 2.24) is 10.3 Å². The Kier molecular flexibility index (Phi) is 3.52. The molecule has 1 aromatic carbocycles. The summed E-state index contributed by atoms with van der Waals surface area (Å²) in [5, 5.41) is 3.28. The molecule has 1 aromatic heterocycles. The van der Waals surface area contributed by atoms with Gasteiger partial charge in [-0.3, -0.25) is 4.79 Å². The van der Waals surface area contributed by atoms with E-state index in [1.807, 2.05) is 18.2 Å². The zero-order valence-corrected chi connectivity index (χ0v) is 11.4. The Hall–Kier alpha value is -2.14. The van der Waals surface area contributed by atoms with Gasteiger partial charge in [0.1, 0.15) is 5.76 Å². The lowest BCUT2D eigenvalue weighted by atomic mass is 10.1. The van der Waals surface area contributed by atoms with Crippen molar-refractivity contribution in [3.63, 3.8) is 0 Å². The smallest absolute Gasteiger partial charge is 0.298 e. The summed E-state index contributed by atoms with van der Waals surface area (Å²) in [6.07, 6.45) is 0. The maximum absolute atomic E-state index is 12.4. The fourth-order valence-electron chi connectivity index (χ4n) is 2.31. The lowest BCUT2D eigenvalue weighted by Gasteiger charge is -2.25. The monoisotopic (exact) mass is 271 g/mol. The molecule has 1 aliphatic heterocycles. The van der Waals surface area contributed by atoms with E-state index in [0.717, 1.165) is 26.2 Å². The molecule has 1 aliphatic rings. The fraction of sp³-hybridized carbons (Fsp3) is 0.333. The Morgan fingerprint density at radius 1 is 1.25 bits per heavy atom. The highest BCUT2D eigenvalue weighted by molar-refractivity contribution is 6.08. The van der Waals surface area contributed by atoms with Crippen molar-refractivity contribution in [1.29, 1.82) is 0 Å². The predicted octanol–water partition coefficient (Wildman–Crippen LogP) is 1.62. The molecule has 2 heterocycles. The number of oxazole rings is 1. The van der Waals surface area contributed by atoms with Gasteiger partial charge in [0.05, 0.1) is 0 Å². The van der Waals surface area contributed by atoms with Crippen molar-refractivity contribution in [3.05, 3.63) is 47.3 Å². The molecule has 0 saturated carbocycles. The number of carbonyl (C=O) groups excluding carboxylic acids is 1. The highest BCUT2D eigenvalue weighted by Gasteiger charge is 2.22. The van der Waals surface area contributed by atoms with Crippen molar-refractivity contribution in [2.75, 3.05) is 31.1 Å². The molecule has 3 rings (SSSR count). The largest absolute Gasteiger partial charge is 0.428 e. The number of benzene rings is 1. The van der Waals surface area contributed by atoms with Crippen LogP contribution in [0, 0.1) is 6.92 Å². The van der Waals surface area contributed by atoms with Gasteiger partial charge in [-0.05, 0) is 6.92 Å². The lowest BCUT2D eigenvalue weighted by molar-refractivity contribution is 0.103. The normalized spacial score (nSPS) is 15.3. The van der Waals surface area contributed by atoms with Gasteiger partial charge in [0.2, 0.25) is 5.78 Å². The summed E-state index contributed by atoms with van der Waals surface area (Å²) in [7, 11) is 0. The van der Waals surface area contributed by atoms with Crippen LogP contribution in [-0.2, 0) is 0 Å². The number of aromatic nitrogens is 1. The van der Waals surface area contributed by atoms with Crippen LogP contribution in [0.25, 0.3) is 0 Å². The molecule has 1 fully saturated rings. The second-order valence-electron chi connectivity index (χ2n) is 4.83. The van der Waals surface area contributed by atoms with E-state index in [9.17, 15) is 4.79 Å². The molecule has 0 amide bonds. The Bertz CT molecular complexity index is 601. The third kappa shape index (κ3) is 2.44. The highest BCUT2D eigenvalue weighted by atomic mass is 16.4. The molecule has 104 valence electrons. The van der Waals surface area contributed by atoms with Crippen LogP contribution >= 0.6 is 0 Å². The molecule has 0 atom stereocenters. The third-order valence-electron chi connectivity index (χ3n) is 3.42. The molecule has 2 aromatic rings. The summed E-state index contributed by atoms with van der Waals surface area (Å²) < 4.78 is 5.66. The topological polar surface area (TPSA) is 58.4 Å². The van der Waals surface area contributed by atoms with E-state index in [2.05, 4.69) is 15.2 Å². The molecular weight excluding hydrogens is 254 g/mol. The summed E-state index contributed by atoms with van der Waals surface area (Å²) in [5.74, 6) is 0.487. The maximum Gasteiger partial charge on any atom is 0.298 e. The van der Waals surface area contributed by atoms with Crippen molar-refractivity contribution >= 4 is 11.8 Å². The van der Waals surface area contributed by atoms with E-state index in [-0.39, 0.29) is 5.78 Å². The zero-order chi connectivity index (χ0) is 13.9. The minimum atomic E-state index is -0.0896. The van der Waals surface area contributed by atoms with Crippen LogP contribution in [0.15, 0.2) is 34.7 Å². The number of nitrogens with zero attached hydrogens (tertiary/aromatic N) is 2. The van der Waals surface area contributed by atoms with Crippen LogP contribution in [0.3, 0.4) is 0 Å². The number of nitrogens with one attached hydrogen (secondary N) is 1. The average molecular weight is 271 g/mol. The predicted molar refractivity (Wildman–Crippen MR) is 76.2 cm³/mol. The second-order valence-corrected chi connectivity index (χ2v) is 4.83. The molecule has 1 N–H and O–H groups in total. The van der Waals surface area contributed by atoms with E-state index in [4.69, 9.17) is 4.42 Å². The maximum atomic E-state index is 12.4. The summed E-state index contributed by atoms with van der Waals surface area (Å²) in [5.41, 5.74) is 1.04. The third-order valence-corrected chi connectivity index (χ3v) is 3.42. The fourth-order valence-corrected chi connectivity index (χ4v) is 2.31. The van der Waals surface area contributed by atoms with Crippen molar-refractivity contribution in [2.45, 2.75) is 6.92 Å². The SMILES string of the molecule is Cc1oc(N2CCNCC2)nc1C(=O)c1ccccc1. The molecule has 5 nitrogen and oxygen atoms in total. The Balaban J connectivity index is 1.87. The second kappa shape index (κ2) is 5.46. The van der Waals surface area contributed by atoms with E-state index < -0.39 is 0 Å². The van der Waals surface area contributed by atoms with Gasteiger partial charge in [-0.15, -0.1) is 0 Å². The molecule has 1 saturated heterocycles. The Labute approximate surface area is 117 Å². The minimum Gasteiger partial charge on any atom is -0.428 e. The van der Waals surface area contributed by atoms with Gasteiger partial charge in [0.15, 0.2) is 5.69 Å². The quantitative estimate of drug-likeness (QED) is 0.860. The number of hydrogen-bond donors (Lipinski definition) is 1. The van der Waals surface area contributed by atoms with Crippen LogP contribution in [0.1, 0.15) is 21.8 Å². The van der Waals surface area contributed by atoms with E-state index in [1.165, 1.54) is 0 Å². The molecule has 0 radical (unpaired) electrons. The lowest BCUT2D eigenvalue weighted by Crippen LogP contribution is -2.43. The molecule has 0 spiro atoms. The molecule has 20 heavy (non-hydrogen) atoms. The van der Waals surface area contributed by atoms with Gasteiger partial charge in [0.25, 0.3) is 6.01 Å². The van der Waals surface area contributed by atoms with Gasteiger partial charge in [-0.25, -0.2) is 0 Å². The summed E-state index contributed by atoms with van der Waals surface area (Å²) >= 11 is 0. The van der Waals surface area contributed by atoms with Crippen LogP contribution in [0.4, 0.5) is 6.01 Å². The van der Waals surface area contributed by atoms with Gasteiger partial charge in [0, 0.05) is 31.7 Å². The number of anilines is 1. The number of carbonyl (C=O) groups is 1. The first kappa shape index (κ1) is 12.9.